The van der Waals surface area contributed by atoms with E-state index in [1.807, 2.05) is 0 Å². The highest BCUT2D eigenvalue weighted by Gasteiger charge is 2.35. The Bertz CT molecular complexity index is 576. The SMILES string of the molecule is CC(C)[C@H]1COC(=O)N1Cc1nc2ncccn2n1. The maximum atomic E-state index is 11.7. The van der Waals surface area contributed by atoms with Gasteiger partial charge in [-0.05, 0) is 12.0 Å². The number of cyclic esters (lactones) is 1. The summed E-state index contributed by atoms with van der Waals surface area (Å²) in [5.74, 6) is 1.44. The molecule has 0 aromatic carbocycles. The number of hydrogen-bond donors (Lipinski definition) is 0. The molecule has 0 N–H and O–H groups in total. The zero-order chi connectivity index (χ0) is 13.4. The highest BCUT2D eigenvalue weighted by atomic mass is 16.6. The second-order valence-corrected chi connectivity index (χ2v) is 4.91. The number of carbonyl (C=O) groups is 1. The van der Waals surface area contributed by atoms with Crippen LogP contribution >= 0.6 is 0 Å². The molecule has 7 nitrogen and oxygen atoms in total. The van der Waals surface area contributed by atoms with Gasteiger partial charge in [-0.2, -0.15) is 4.98 Å². The van der Waals surface area contributed by atoms with Gasteiger partial charge in [0, 0.05) is 12.4 Å². The highest BCUT2D eigenvalue weighted by Crippen LogP contribution is 2.21. The molecule has 1 saturated heterocycles. The summed E-state index contributed by atoms with van der Waals surface area (Å²) >= 11 is 0. The minimum Gasteiger partial charge on any atom is -0.447 e. The first-order valence-electron chi connectivity index (χ1n) is 6.25. The van der Waals surface area contributed by atoms with Crippen molar-refractivity contribution in [1.82, 2.24) is 24.5 Å². The van der Waals surface area contributed by atoms with Gasteiger partial charge in [-0.1, -0.05) is 13.8 Å². The van der Waals surface area contributed by atoms with Gasteiger partial charge in [-0.3, -0.25) is 4.90 Å². The number of aromatic nitrogens is 4. The molecule has 0 spiro atoms. The summed E-state index contributed by atoms with van der Waals surface area (Å²) in [6.07, 6.45) is 3.14. The van der Waals surface area contributed by atoms with E-state index in [0.717, 1.165) is 0 Å². The molecule has 1 aliphatic rings. The quantitative estimate of drug-likeness (QED) is 0.827. The first-order chi connectivity index (χ1) is 9.15. The van der Waals surface area contributed by atoms with Gasteiger partial charge in [0.2, 0.25) is 0 Å². The highest BCUT2D eigenvalue weighted by molar-refractivity contribution is 5.70. The molecule has 1 fully saturated rings. The second-order valence-electron chi connectivity index (χ2n) is 4.91. The van der Waals surface area contributed by atoms with E-state index in [1.165, 1.54) is 0 Å². The van der Waals surface area contributed by atoms with Crippen molar-refractivity contribution in [1.29, 1.82) is 0 Å². The standard InChI is InChI=1S/C12H15N5O2/c1-8(2)9-7-19-12(18)16(9)6-10-14-11-13-4-3-5-17(11)15-10/h3-5,8-9H,6-7H2,1-2H3/t9-/m1/s1. The number of amides is 1. The van der Waals surface area contributed by atoms with Crippen molar-refractivity contribution < 1.29 is 9.53 Å². The van der Waals surface area contributed by atoms with Crippen molar-refractivity contribution in [2.45, 2.75) is 26.4 Å². The molecule has 3 rings (SSSR count). The Balaban J connectivity index is 1.85. The number of hydrogen-bond acceptors (Lipinski definition) is 5. The fraction of sp³-hybridized carbons (Fsp3) is 0.500. The van der Waals surface area contributed by atoms with Crippen LogP contribution in [-0.2, 0) is 11.3 Å². The first-order valence-corrected chi connectivity index (χ1v) is 6.25. The molecule has 0 bridgehead atoms. The van der Waals surface area contributed by atoms with E-state index in [4.69, 9.17) is 4.74 Å². The summed E-state index contributed by atoms with van der Waals surface area (Å²) in [5.41, 5.74) is 0. The Labute approximate surface area is 110 Å². The van der Waals surface area contributed by atoms with Crippen LogP contribution in [0, 0.1) is 5.92 Å². The van der Waals surface area contributed by atoms with Crippen LogP contribution in [-0.4, -0.2) is 43.2 Å². The molecule has 100 valence electrons. The Morgan fingerprint density at radius 2 is 2.37 bits per heavy atom. The zero-order valence-corrected chi connectivity index (χ0v) is 10.9. The van der Waals surface area contributed by atoms with E-state index in [9.17, 15) is 4.79 Å². The van der Waals surface area contributed by atoms with E-state index in [0.29, 0.717) is 30.7 Å². The average molecular weight is 261 g/mol. The third-order valence-electron chi connectivity index (χ3n) is 3.25. The lowest BCUT2D eigenvalue weighted by molar-refractivity contribution is 0.154. The third kappa shape index (κ3) is 2.11. The predicted molar refractivity (Wildman–Crippen MR) is 66.3 cm³/mol. The smallest absolute Gasteiger partial charge is 0.410 e. The molecular formula is C12H15N5O2. The maximum absolute atomic E-state index is 11.7. The van der Waals surface area contributed by atoms with E-state index < -0.39 is 0 Å². The zero-order valence-electron chi connectivity index (χ0n) is 10.9. The van der Waals surface area contributed by atoms with Crippen LogP contribution in [0.15, 0.2) is 18.5 Å². The molecule has 0 saturated carbocycles. The minimum atomic E-state index is -0.300. The minimum absolute atomic E-state index is 0.0760. The fourth-order valence-electron chi connectivity index (χ4n) is 2.19. The third-order valence-corrected chi connectivity index (χ3v) is 3.25. The van der Waals surface area contributed by atoms with Crippen LogP contribution in [0.25, 0.3) is 5.78 Å². The van der Waals surface area contributed by atoms with Gasteiger partial charge in [0.15, 0.2) is 5.82 Å². The summed E-state index contributed by atoms with van der Waals surface area (Å²) in [5, 5.41) is 4.30. The number of fused-ring (bicyclic) bond motifs is 1. The Morgan fingerprint density at radius 1 is 1.53 bits per heavy atom. The Morgan fingerprint density at radius 3 is 3.11 bits per heavy atom. The number of carbonyl (C=O) groups excluding carboxylic acids is 1. The molecular weight excluding hydrogens is 246 g/mol. The normalized spacial score (nSPS) is 19.4. The Kier molecular flexibility index (Phi) is 2.81. The van der Waals surface area contributed by atoms with Crippen molar-refractivity contribution in [3.05, 3.63) is 24.3 Å². The molecule has 0 radical (unpaired) electrons. The van der Waals surface area contributed by atoms with Crippen molar-refractivity contribution in [2.24, 2.45) is 5.92 Å². The summed E-state index contributed by atoms with van der Waals surface area (Å²) in [4.78, 5) is 21.8. The number of nitrogens with zero attached hydrogens (tertiary/aromatic N) is 5. The van der Waals surface area contributed by atoms with Gasteiger partial charge >= 0.3 is 6.09 Å². The van der Waals surface area contributed by atoms with Crippen LogP contribution in [0.4, 0.5) is 4.79 Å². The van der Waals surface area contributed by atoms with Gasteiger partial charge in [0.1, 0.15) is 6.61 Å². The van der Waals surface area contributed by atoms with Crippen molar-refractivity contribution >= 4 is 11.9 Å². The van der Waals surface area contributed by atoms with Crippen molar-refractivity contribution in [3.8, 4) is 0 Å². The molecule has 0 aliphatic carbocycles. The summed E-state index contributed by atoms with van der Waals surface area (Å²) in [7, 11) is 0. The van der Waals surface area contributed by atoms with Crippen LogP contribution < -0.4 is 0 Å². The van der Waals surface area contributed by atoms with E-state index >= 15 is 0 Å². The topological polar surface area (TPSA) is 72.6 Å². The van der Waals surface area contributed by atoms with Gasteiger partial charge in [-0.15, -0.1) is 5.10 Å². The summed E-state index contributed by atoms with van der Waals surface area (Å²) < 4.78 is 6.69. The van der Waals surface area contributed by atoms with Gasteiger partial charge in [0.05, 0.1) is 12.6 Å². The lowest BCUT2D eigenvalue weighted by atomic mass is 10.0. The monoisotopic (exact) mass is 261 g/mol. The van der Waals surface area contributed by atoms with E-state index in [1.54, 1.807) is 27.9 Å². The van der Waals surface area contributed by atoms with Crippen molar-refractivity contribution in [3.63, 3.8) is 0 Å². The molecule has 2 aromatic heterocycles. The average Bonchev–Trinajstić information content (AvgIpc) is 2.94. The molecule has 3 heterocycles. The van der Waals surface area contributed by atoms with Crippen LogP contribution in [0.3, 0.4) is 0 Å². The number of ether oxygens (including phenoxy) is 1. The molecule has 2 aromatic rings. The summed E-state index contributed by atoms with van der Waals surface area (Å²) in [6.45, 7) is 4.92. The lowest BCUT2D eigenvalue weighted by Gasteiger charge is -2.22. The number of rotatable bonds is 3. The molecule has 7 heteroatoms. The largest absolute Gasteiger partial charge is 0.447 e. The molecule has 19 heavy (non-hydrogen) atoms. The van der Waals surface area contributed by atoms with E-state index in [2.05, 4.69) is 28.9 Å². The molecule has 1 amide bonds. The second kappa shape index (κ2) is 4.49. The lowest BCUT2D eigenvalue weighted by Crippen LogP contribution is -2.36. The van der Waals surface area contributed by atoms with E-state index in [-0.39, 0.29) is 12.1 Å². The van der Waals surface area contributed by atoms with Crippen LogP contribution in [0.5, 0.6) is 0 Å². The fourth-order valence-corrected chi connectivity index (χ4v) is 2.19. The molecule has 1 atom stereocenters. The molecule has 1 aliphatic heterocycles. The first kappa shape index (κ1) is 11.9. The van der Waals surface area contributed by atoms with Gasteiger partial charge < -0.3 is 4.74 Å². The van der Waals surface area contributed by atoms with Crippen molar-refractivity contribution in [2.75, 3.05) is 6.61 Å². The maximum Gasteiger partial charge on any atom is 0.410 e. The van der Waals surface area contributed by atoms with Gasteiger partial charge in [-0.25, -0.2) is 14.3 Å². The predicted octanol–water partition coefficient (Wildman–Crippen LogP) is 1.10. The van der Waals surface area contributed by atoms with Crippen LogP contribution in [0.2, 0.25) is 0 Å². The van der Waals surface area contributed by atoms with Crippen LogP contribution in [0.1, 0.15) is 19.7 Å². The Hall–Kier alpha value is -2.18. The van der Waals surface area contributed by atoms with Gasteiger partial charge in [0.25, 0.3) is 5.78 Å². The summed E-state index contributed by atoms with van der Waals surface area (Å²) in [6, 6.07) is 1.86. The molecule has 0 unspecified atom stereocenters.